The van der Waals surface area contributed by atoms with Crippen molar-refractivity contribution in [2.75, 3.05) is 11.9 Å². The highest BCUT2D eigenvalue weighted by Crippen LogP contribution is 2.34. The second kappa shape index (κ2) is 4.51. The molecule has 0 aliphatic heterocycles. The second-order valence-electron chi connectivity index (χ2n) is 5.27. The molecule has 1 N–H and O–H groups in total. The quantitative estimate of drug-likeness (QED) is 0.864. The van der Waals surface area contributed by atoms with Crippen molar-refractivity contribution in [1.82, 2.24) is 5.32 Å². The van der Waals surface area contributed by atoms with Gasteiger partial charge in [-0.05, 0) is 43.4 Å². The van der Waals surface area contributed by atoms with Crippen LogP contribution >= 0.6 is 11.6 Å². The molecule has 0 heterocycles. The maximum Gasteiger partial charge on any atom is 0.0426 e. The molecule has 0 spiro atoms. The first-order valence-corrected chi connectivity index (χ1v) is 6.86. The molecule has 1 aromatic carbocycles. The summed E-state index contributed by atoms with van der Waals surface area (Å²) in [6.45, 7) is 0.966. The lowest BCUT2D eigenvalue weighted by molar-refractivity contribution is 0.685. The number of benzene rings is 1. The highest BCUT2D eigenvalue weighted by atomic mass is 35.5. The Balaban J connectivity index is 1.78. The molecule has 2 nitrogen and oxygen atoms in total. The Morgan fingerprint density at radius 1 is 1.29 bits per heavy atom. The molecule has 0 bridgehead atoms. The lowest BCUT2D eigenvalue weighted by Crippen LogP contribution is -2.23. The van der Waals surface area contributed by atoms with Gasteiger partial charge in [-0.15, -0.1) is 0 Å². The fourth-order valence-corrected chi connectivity index (χ4v) is 2.38. The van der Waals surface area contributed by atoms with Crippen LogP contribution in [0, 0.1) is 0 Å². The van der Waals surface area contributed by atoms with Crippen LogP contribution in [0.2, 0.25) is 5.02 Å². The van der Waals surface area contributed by atoms with E-state index in [-0.39, 0.29) is 0 Å². The van der Waals surface area contributed by atoms with Gasteiger partial charge >= 0.3 is 0 Å². The van der Waals surface area contributed by atoms with Gasteiger partial charge in [-0.2, -0.15) is 0 Å². The molecule has 0 saturated heterocycles. The standard InChI is InChI=1S/C14H19ClN2/c1-17(13-6-7-13)14-8-11(15)3-2-10(14)9-16-12-4-5-12/h2-3,8,12-13,16H,4-7,9H2,1H3. The third kappa shape index (κ3) is 2.75. The number of halogens is 1. The zero-order chi connectivity index (χ0) is 11.8. The first-order chi connectivity index (χ1) is 8.24. The van der Waals surface area contributed by atoms with Gasteiger partial charge < -0.3 is 10.2 Å². The van der Waals surface area contributed by atoms with Gasteiger partial charge in [-0.1, -0.05) is 17.7 Å². The molecule has 0 atom stereocenters. The van der Waals surface area contributed by atoms with Gasteiger partial charge in [0.05, 0.1) is 0 Å². The Bertz CT molecular complexity index is 411. The monoisotopic (exact) mass is 250 g/mol. The first-order valence-electron chi connectivity index (χ1n) is 6.48. The molecule has 2 fully saturated rings. The summed E-state index contributed by atoms with van der Waals surface area (Å²) in [4.78, 5) is 2.38. The number of rotatable bonds is 5. The third-order valence-corrected chi connectivity index (χ3v) is 3.92. The molecular weight excluding hydrogens is 232 g/mol. The fraction of sp³-hybridized carbons (Fsp3) is 0.571. The van der Waals surface area contributed by atoms with Crippen LogP contribution in [0.4, 0.5) is 5.69 Å². The molecule has 0 radical (unpaired) electrons. The summed E-state index contributed by atoms with van der Waals surface area (Å²) >= 11 is 6.11. The van der Waals surface area contributed by atoms with E-state index in [0.717, 1.165) is 23.7 Å². The van der Waals surface area contributed by atoms with Crippen molar-refractivity contribution >= 4 is 17.3 Å². The average molecular weight is 251 g/mol. The molecule has 1 aromatic rings. The lowest BCUT2D eigenvalue weighted by atomic mass is 10.1. The minimum atomic E-state index is 0.730. The van der Waals surface area contributed by atoms with Gasteiger partial charge in [0, 0.05) is 36.4 Å². The molecule has 3 rings (SSSR count). The number of nitrogens with one attached hydrogen (secondary N) is 1. The summed E-state index contributed by atoms with van der Waals surface area (Å²) in [6, 6.07) is 7.74. The van der Waals surface area contributed by atoms with Crippen molar-refractivity contribution in [1.29, 1.82) is 0 Å². The molecule has 0 unspecified atom stereocenters. The van der Waals surface area contributed by atoms with E-state index in [9.17, 15) is 0 Å². The predicted molar refractivity (Wildman–Crippen MR) is 72.7 cm³/mol. The van der Waals surface area contributed by atoms with Gasteiger partial charge in [-0.25, -0.2) is 0 Å². The summed E-state index contributed by atoms with van der Waals surface area (Å²) < 4.78 is 0. The van der Waals surface area contributed by atoms with Crippen molar-refractivity contribution in [3.05, 3.63) is 28.8 Å². The SMILES string of the molecule is CN(c1cc(Cl)ccc1CNC1CC1)C1CC1. The zero-order valence-electron chi connectivity index (χ0n) is 10.2. The van der Waals surface area contributed by atoms with Crippen molar-refractivity contribution in [3.63, 3.8) is 0 Å². The molecule has 17 heavy (non-hydrogen) atoms. The van der Waals surface area contributed by atoms with Gasteiger partial charge in [0.2, 0.25) is 0 Å². The van der Waals surface area contributed by atoms with E-state index in [4.69, 9.17) is 11.6 Å². The third-order valence-electron chi connectivity index (χ3n) is 3.68. The summed E-state index contributed by atoms with van der Waals surface area (Å²) in [5.74, 6) is 0. The van der Waals surface area contributed by atoms with E-state index in [1.165, 1.54) is 36.9 Å². The minimum absolute atomic E-state index is 0.730. The molecule has 2 saturated carbocycles. The Morgan fingerprint density at radius 3 is 2.71 bits per heavy atom. The molecule has 0 aromatic heterocycles. The van der Waals surface area contributed by atoms with Crippen LogP contribution in [0.3, 0.4) is 0 Å². The smallest absolute Gasteiger partial charge is 0.0426 e. The lowest BCUT2D eigenvalue weighted by Gasteiger charge is -2.22. The van der Waals surface area contributed by atoms with Crippen LogP contribution in [0.1, 0.15) is 31.2 Å². The van der Waals surface area contributed by atoms with E-state index in [0.29, 0.717) is 0 Å². The van der Waals surface area contributed by atoms with E-state index in [1.54, 1.807) is 0 Å². The van der Waals surface area contributed by atoms with Gasteiger partial charge in [0.1, 0.15) is 0 Å². The molecule has 92 valence electrons. The number of nitrogens with zero attached hydrogens (tertiary/aromatic N) is 1. The molecule has 0 amide bonds. The van der Waals surface area contributed by atoms with Crippen LogP contribution in [0.5, 0.6) is 0 Å². The summed E-state index contributed by atoms with van der Waals surface area (Å²) in [7, 11) is 2.18. The van der Waals surface area contributed by atoms with Crippen LogP contribution in [-0.2, 0) is 6.54 Å². The van der Waals surface area contributed by atoms with E-state index < -0.39 is 0 Å². The largest absolute Gasteiger partial charge is 0.371 e. The zero-order valence-corrected chi connectivity index (χ0v) is 11.0. The Labute approximate surface area is 108 Å². The Hall–Kier alpha value is -0.730. The highest BCUT2D eigenvalue weighted by molar-refractivity contribution is 6.30. The number of hydrogen-bond acceptors (Lipinski definition) is 2. The maximum atomic E-state index is 6.11. The molecule has 2 aliphatic rings. The van der Waals surface area contributed by atoms with E-state index in [1.807, 2.05) is 6.07 Å². The van der Waals surface area contributed by atoms with Crippen LogP contribution in [0.25, 0.3) is 0 Å². The second-order valence-corrected chi connectivity index (χ2v) is 5.71. The predicted octanol–water partition coefficient (Wildman–Crippen LogP) is 3.19. The number of hydrogen-bond donors (Lipinski definition) is 1. The number of anilines is 1. The van der Waals surface area contributed by atoms with Gasteiger partial charge in [0.25, 0.3) is 0 Å². The van der Waals surface area contributed by atoms with Crippen molar-refractivity contribution < 1.29 is 0 Å². The normalized spacial score (nSPS) is 19.4. The van der Waals surface area contributed by atoms with E-state index in [2.05, 4.69) is 29.4 Å². The molecule has 2 aliphatic carbocycles. The Morgan fingerprint density at radius 2 is 2.06 bits per heavy atom. The van der Waals surface area contributed by atoms with Gasteiger partial charge in [0.15, 0.2) is 0 Å². The van der Waals surface area contributed by atoms with Crippen LogP contribution in [0.15, 0.2) is 18.2 Å². The van der Waals surface area contributed by atoms with Gasteiger partial charge in [-0.3, -0.25) is 0 Å². The fourth-order valence-electron chi connectivity index (χ4n) is 2.22. The average Bonchev–Trinajstić information content (AvgIpc) is 3.16. The molecular formula is C14H19ClN2. The topological polar surface area (TPSA) is 15.3 Å². The van der Waals surface area contributed by atoms with Crippen molar-refractivity contribution in [2.45, 2.75) is 44.3 Å². The summed E-state index contributed by atoms with van der Waals surface area (Å²) in [5.41, 5.74) is 2.67. The van der Waals surface area contributed by atoms with Crippen molar-refractivity contribution in [2.24, 2.45) is 0 Å². The van der Waals surface area contributed by atoms with Crippen LogP contribution in [-0.4, -0.2) is 19.1 Å². The first kappa shape index (κ1) is 11.4. The van der Waals surface area contributed by atoms with Crippen molar-refractivity contribution in [3.8, 4) is 0 Å². The van der Waals surface area contributed by atoms with E-state index >= 15 is 0 Å². The Kier molecular flexibility index (Phi) is 3.01. The minimum Gasteiger partial charge on any atom is -0.371 e. The summed E-state index contributed by atoms with van der Waals surface area (Å²) in [6.07, 6.45) is 5.31. The summed E-state index contributed by atoms with van der Waals surface area (Å²) in [5, 5.41) is 4.41. The maximum absolute atomic E-state index is 6.11. The van der Waals surface area contributed by atoms with Crippen LogP contribution < -0.4 is 10.2 Å². The highest BCUT2D eigenvalue weighted by Gasteiger charge is 2.28. The molecule has 3 heteroatoms.